The molecule has 0 radical (unpaired) electrons. The van der Waals surface area contributed by atoms with E-state index in [1.165, 1.54) is 12.1 Å². The Morgan fingerprint density at radius 1 is 0.947 bits per heavy atom. The SMILES string of the molecule is O=C([O-])c1ccc(-c2cnc3ccccc3n2)cc1. The largest absolute Gasteiger partial charge is 0.545 e. The minimum Gasteiger partial charge on any atom is -0.545 e. The minimum absolute atomic E-state index is 0.150. The quantitative estimate of drug-likeness (QED) is 0.692. The summed E-state index contributed by atoms with van der Waals surface area (Å²) in [6.07, 6.45) is 1.68. The third kappa shape index (κ3) is 2.15. The molecule has 3 aromatic rings. The van der Waals surface area contributed by atoms with Gasteiger partial charge in [0.2, 0.25) is 0 Å². The molecule has 1 aromatic heterocycles. The van der Waals surface area contributed by atoms with E-state index in [2.05, 4.69) is 9.97 Å². The molecule has 0 bridgehead atoms. The number of para-hydroxylation sites is 2. The number of fused-ring (bicyclic) bond motifs is 1. The Bertz CT molecular complexity index is 751. The van der Waals surface area contributed by atoms with Crippen molar-refractivity contribution in [1.29, 1.82) is 0 Å². The van der Waals surface area contributed by atoms with E-state index < -0.39 is 5.97 Å². The molecule has 0 saturated carbocycles. The van der Waals surface area contributed by atoms with Gasteiger partial charge in [0.1, 0.15) is 0 Å². The lowest BCUT2D eigenvalue weighted by Crippen LogP contribution is -2.21. The summed E-state index contributed by atoms with van der Waals surface area (Å²) in [4.78, 5) is 19.5. The van der Waals surface area contributed by atoms with Crippen molar-refractivity contribution in [3.63, 3.8) is 0 Å². The lowest BCUT2D eigenvalue weighted by atomic mass is 10.1. The van der Waals surface area contributed by atoms with Crippen LogP contribution < -0.4 is 5.11 Å². The van der Waals surface area contributed by atoms with E-state index in [9.17, 15) is 9.90 Å². The second-order valence-electron chi connectivity index (χ2n) is 4.11. The van der Waals surface area contributed by atoms with Gasteiger partial charge < -0.3 is 9.90 Å². The summed E-state index contributed by atoms with van der Waals surface area (Å²) in [6, 6.07) is 14.0. The van der Waals surface area contributed by atoms with E-state index in [0.717, 1.165) is 16.6 Å². The predicted molar refractivity (Wildman–Crippen MR) is 69.3 cm³/mol. The molecule has 0 aliphatic rings. The first-order valence-corrected chi connectivity index (χ1v) is 5.77. The molecule has 0 N–H and O–H groups in total. The molecular formula is C15H9N2O2-. The zero-order valence-electron chi connectivity index (χ0n) is 9.91. The molecule has 0 amide bonds. The fraction of sp³-hybridized carbons (Fsp3) is 0. The summed E-state index contributed by atoms with van der Waals surface area (Å²) in [6.45, 7) is 0. The summed E-state index contributed by atoms with van der Waals surface area (Å²) >= 11 is 0. The van der Waals surface area contributed by atoms with Crippen LogP contribution in [-0.2, 0) is 0 Å². The number of hydrogen-bond donors (Lipinski definition) is 0. The molecule has 0 aliphatic carbocycles. The van der Waals surface area contributed by atoms with Gasteiger partial charge in [-0.25, -0.2) is 4.98 Å². The molecule has 4 nitrogen and oxygen atoms in total. The van der Waals surface area contributed by atoms with Crippen molar-refractivity contribution in [3.05, 3.63) is 60.3 Å². The van der Waals surface area contributed by atoms with Crippen molar-refractivity contribution in [3.8, 4) is 11.3 Å². The fourth-order valence-electron chi connectivity index (χ4n) is 1.87. The predicted octanol–water partition coefficient (Wildman–Crippen LogP) is 1.66. The lowest BCUT2D eigenvalue weighted by molar-refractivity contribution is -0.255. The van der Waals surface area contributed by atoms with Gasteiger partial charge in [-0.15, -0.1) is 0 Å². The number of hydrogen-bond acceptors (Lipinski definition) is 4. The second-order valence-corrected chi connectivity index (χ2v) is 4.11. The molecule has 0 spiro atoms. The molecule has 1 heterocycles. The number of carbonyl (C=O) groups excluding carboxylic acids is 1. The molecule has 2 aromatic carbocycles. The monoisotopic (exact) mass is 249 g/mol. The van der Waals surface area contributed by atoms with Crippen LogP contribution in [0.15, 0.2) is 54.7 Å². The normalized spacial score (nSPS) is 10.5. The van der Waals surface area contributed by atoms with E-state index in [4.69, 9.17) is 0 Å². The van der Waals surface area contributed by atoms with Crippen LogP contribution in [0.25, 0.3) is 22.3 Å². The van der Waals surface area contributed by atoms with Gasteiger partial charge in [0, 0.05) is 5.56 Å². The Balaban J connectivity index is 2.06. The van der Waals surface area contributed by atoms with Crippen LogP contribution in [0.2, 0.25) is 0 Å². The van der Waals surface area contributed by atoms with Crippen molar-refractivity contribution in [1.82, 2.24) is 9.97 Å². The molecule has 0 saturated heterocycles. The average molecular weight is 249 g/mol. The smallest absolute Gasteiger partial charge is 0.0894 e. The molecule has 92 valence electrons. The number of nitrogens with zero attached hydrogens (tertiary/aromatic N) is 2. The highest BCUT2D eigenvalue weighted by molar-refractivity contribution is 5.86. The number of carboxylic acid groups (broad SMARTS) is 1. The Hall–Kier alpha value is -2.75. The zero-order chi connectivity index (χ0) is 13.2. The number of benzene rings is 2. The van der Waals surface area contributed by atoms with E-state index >= 15 is 0 Å². The van der Waals surface area contributed by atoms with Crippen LogP contribution in [0.5, 0.6) is 0 Å². The number of rotatable bonds is 2. The van der Waals surface area contributed by atoms with Gasteiger partial charge in [-0.2, -0.15) is 0 Å². The summed E-state index contributed by atoms with van der Waals surface area (Å²) in [5.74, 6) is -1.18. The number of carboxylic acids is 1. The Morgan fingerprint density at radius 2 is 1.63 bits per heavy atom. The summed E-state index contributed by atoms with van der Waals surface area (Å²) in [5.41, 5.74) is 3.32. The standard InChI is InChI=1S/C15H10N2O2/c18-15(19)11-7-5-10(6-8-11)14-9-16-12-3-1-2-4-13(12)17-14/h1-9H,(H,18,19)/p-1. The van der Waals surface area contributed by atoms with Gasteiger partial charge in [-0.3, -0.25) is 4.98 Å². The molecule has 3 rings (SSSR count). The van der Waals surface area contributed by atoms with Crippen LogP contribution in [0.3, 0.4) is 0 Å². The maximum Gasteiger partial charge on any atom is 0.0894 e. The third-order valence-electron chi connectivity index (χ3n) is 2.86. The molecule has 19 heavy (non-hydrogen) atoms. The number of aromatic nitrogens is 2. The summed E-state index contributed by atoms with van der Waals surface area (Å²) in [7, 11) is 0. The van der Waals surface area contributed by atoms with Crippen LogP contribution >= 0.6 is 0 Å². The van der Waals surface area contributed by atoms with Crippen LogP contribution in [-0.4, -0.2) is 15.9 Å². The van der Waals surface area contributed by atoms with Gasteiger partial charge in [-0.1, -0.05) is 36.4 Å². The van der Waals surface area contributed by atoms with E-state index in [-0.39, 0.29) is 5.56 Å². The van der Waals surface area contributed by atoms with E-state index in [0.29, 0.717) is 5.69 Å². The van der Waals surface area contributed by atoms with Crippen molar-refractivity contribution in [2.45, 2.75) is 0 Å². The summed E-state index contributed by atoms with van der Waals surface area (Å²) < 4.78 is 0. The first-order chi connectivity index (χ1) is 9.24. The van der Waals surface area contributed by atoms with Crippen LogP contribution in [0, 0.1) is 0 Å². The van der Waals surface area contributed by atoms with Crippen molar-refractivity contribution in [2.75, 3.05) is 0 Å². The first-order valence-electron chi connectivity index (χ1n) is 5.77. The number of aromatic carboxylic acids is 1. The van der Waals surface area contributed by atoms with Gasteiger partial charge in [-0.05, 0) is 17.7 Å². The minimum atomic E-state index is -1.18. The maximum atomic E-state index is 10.7. The zero-order valence-corrected chi connectivity index (χ0v) is 9.91. The average Bonchev–Trinajstić information content (AvgIpc) is 2.47. The van der Waals surface area contributed by atoms with Gasteiger partial charge in [0.05, 0.1) is 28.9 Å². The van der Waals surface area contributed by atoms with E-state index in [1.54, 1.807) is 18.3 Å². The highest BCUT2D eigenvalue weighted by Crippen LogP contribution is 2.19. The second kappa shape index (κ2) is 4.49. The maximum absolute atomic E-state index is 10.7. The molecular weight excluding hydrogens is 240 g/mol. The molecule has 0 fully saturated rings. The molecule has 0 unspecified atom stereocenters. The lowest BCUT2D eigenvalue weighted by Gasteiger charge is -2.05. The first kappa shape index (κ1) is 11.3. The van der Waals surface area contributed by atoms with Crippen LogP contribution in [0.4, 0.5) is 0 Å². The van der Waals surface area contributed by atoms with Crippen LogP contribution in [0.1, 0.15) is 10.4 Å². The van der Waals surface area contributed by atoms with E-state index in [1.807, 2.05) is 24.3 Å². The van der Waals surface area contributed by atoms with Crippen molar-refractivity contribution in [2.24, 2.45) is 0 Å². The van der Waals surface area contributed by atoms with Crippen molar-refractivity contribution >= 4 is 17.0 Å². The Kier molecular flexibility index (Phi) is 2.68. The van der Waals surface area contributed by atoms with Gasteiger partial charge >= 0.3 is 0 Å². The van der Waals surface area contributed by atoms with Gasteiger partial charge in [0.25, 0.3) is 0 Å². The molecule has 4 heteroatoms. The Morgan fingerprint density at radius 3 is 2.32 bits per heavy atom. The third-order valence-corrected chi connectivity index (χ3v) is 2.86. The topological polar surface area (TPSA) is 65.9 Å². The van der Waals surface area contributed by atoms with Crippen molar-refractivity contribution < 1.29 is 9.90 Å². The highest BCUT2D eigenvalue weighted by atomic mass is 16.4. The number of carbonyl (C=O) groups is 1. The Labute approximate surface area is 109 Å². The fourth-order valence-corrected chi connectivity index (χ4v) is 1.87. The highest BCUT2D eigenvalue weighted by Gasteiger charge is 2.02. The van der Waals surface area contributed by atoms with Gasteiger partial charge in [0.15, 0.2) is 0 Å². The molecule has 0 atom stereocenters. The summed E-state index contributed by atoms with van der Waals surface area (Å²) in [5, 5.41) is 10.7. The molecule has 0 aliphatic heterocycles.